The summed E-state index contributed by atoms with van der Waals surface area (Å²) < 4.78 is 5.12. The lowest BCUT2D eigenvalue weighted by molar-refractivity contribution is -0.125. The highest BCUT2D eigenvalue weighted by atomic mass is 32.1. The Morgan fingerprint density at radius 3 is 2.36 bits per heavy atom. The summed E-state index contributed by atoms with van der Waals surface area (Å²) in [6, 6.07) is 14.1. The number of hydrogen-bond acceptors (Lipinski definition) is 5. The van der Waals surface area contributed by atoms with Gasteiger partial charge in [0, 0.05) is 5.56 Å². The Morgan fingerprint density at radius 2 is 1.79 bits per heavy atom. The Kier molecular flexibility index (Phi) is 5.55. The molecule has 0 spiro atoms. The van der Waals surface area contributed by atoms with Crippen LogP contribution in [0.25, 0.3) is 0 Å². The first kappa shape index (κ1) is 19.3. The maximum Gasteiger partial charge on any atom is 0.269 e. The predicted octanol–water partition coefficient (Wildman–Crippen LogP) is 1.22. The van der Waals surface area contributed by atoms with E-state index in [4.69, 9.17) is 22.7 Å². The molecule has 0 radical (unpaired) electrons. The molecule has 8 nitrogen and oxygen atoms in total. The summed E-state index contributed by atoms with van der Waals surface area (Å²) >= 11 is 5.41. The normalized spacial score (nSPS) is 16.2. The van der Waals surface area contributed by atoms with Gasteiger partial charge >= 0.3 is 0 Å². The number of nitrogens with one attached hydrogen (secondary N) is 1. The van der Waals surface area contributed by atoms with E-state index in [1.807, 2.05) is 0 Å². The number of amides is 3. The highest BCUT2D eigenvalue weighted by molar-refractivity contribution is 7.80. The number of hydrazine groups is 1. The van der Waals surface area contributed by atoms with Crippen molar-refractivity contribution in [3.05, 3.63) is 60.2 Å². The van der Waals surface area contributed by atoms with Gasteiger partial charge < -0.3 is 10.5 Å². The average molecular weight is 398 g/mol. The number of anilines is 1. The van der Waals surface area contributed by atoms with E-state index in [1.165, 1.54) is 17.0 Å². The average Bonchev–Trinajstić information content (AvgIpc) is 2.92. The number of rotatable bonds is 6. The number of hydrogen-bond donors (Lipinski definition) is 2. The zero-order valence-electron chi connectivity index (χ0n) is 15.0. The third-order valence-corrected chi connectivity index (χ3v) is 4.58. The van der Waals surface area contributed by atoms with E-state index in [-0.39, 0.29) is 11.5 Å². The molecule has 0 bridgehead atoms. The summed E-state index contributed by atoms with van der Waals surface area (Å²) in [5, 5.41) is 1.26. The van der Waals surface area contributed by atoms with Crippen molar-refractivity contribution in [3.63, 3.8) is 0 Å². The minimum atomic E-state index is -1.03. The minimum Gasteiger partial charge on any atom is -0.497 e. The molecule has 1 heterocycles. The fourth-order valence-electron chi connectivity index (χ4n) is 2.82. The van der Waals surface area contributed by atoms with Crippen molar-refractivity contribution < 1.29 is 19.1 Å². The van der Waals surface area contributed by atoms with Crippen molar-refractivity contribution in [1.82, 2.24) is 10.4 Å². The van der Waals surface area contributed by atoms with Gasteiger partial charge in [0.1, 0.15) is 11.8 Å². The molecule has 1 atom stereocenters. The van der Waals surface area contributed by atoms with Crippen LogP contribution in [0.3, 0.4) is 0 Å². The molecule has 9 heteroatoms. The summed E-state index contributed by atoms with van der Waals surface area (Å²) in [7, 11) is 1.53. The van der Waals surface area contributed by atoms with Crippen LogP contribution in [-0.2, 0) is 9.59 Å². The largest absolute Gasteiger partial charge is 0.497 e. The topological polar surface area (TPSA) is 105 Å². The van der Waals surface area contributed by atoms with E-state index in [1.54, 1.807) is 54.6 Å². The maximum absolute atomic E-state index is 12.9. The second kappa shape index (κ2) is 8.05. The summed E-state index contributed by atoms with van der Waals surface area (Å²) in [4.78, 5) is 38.2. The van der Waals surface area contributed by atoms with Gasteiger partial charge in [0.25, 0.3) is 11.8 Å². The Morgan fingerprint density at radius 1 is 1.14 bits per heavy atom. The van der Waals surface area contributed by atoms with E-state index >= 15 is 0 Å². The van der Waals surface area contributed by atoms with E-state index in [0.717, 1.165) is 0 Å². The van der Waals surface area contributed by atoms with E-state index in [9.17, 15) is 14.4 Å². The number of nitrogens with zero attached hydrogens (tertiary/aromatic N) is 2. The third kappa shape index (κ3) is 3.79. The van der Waals surface area contributed by atoms with Crippen LogP contribution < -0.4 is 20.8 Å². The lowest BCUT2D eigenvalue weighted by Gasteiger charge is -2.24. The quantitative estimate of drug-likeness (QED) is 0.709. The van der Waals surface area contributed by atoms with Crippen molar-refractivity contribution in [2.75, 3.05) is 12.0 Å². The number of nitrogens with two attached hydrogens (primary N) is 1. The summed E-state index contributed by atoms with van der Waals surface area (Å²) in [6.07, 6.45) is -0.291. The van der Waals surface area contributed by atoms with E-state index in [0.29, 0.717) is 17.0 Å². The SMILES string of the molecule is COc1ccc(N2C(=O)[C@@H](CC(N)=O)N(NC(=O)c3ccccc3)C2=S)cc1. The van der Waals surface area contributed by atoms with Crippen LogP contribution in [0.5, 0.6) is 5.75 Å². The molecule has 1 aliphatic rings. The van der Waals surface area contributed by atoms with Crippen LogP contribution in [0.1, 0.15) is 16.8 Å². The zero-order valence-corrected chi connectivity index (χ0v) is 15.8. The van der Waals surface area contributed by atoms with Crippen LogP contribution in [0.4, 0.5) is 5.69 Å². The number of methoxy groups -OCH3 is 1. The maximum atomic E-state index is 12.9. The van der Waals surface area contributed by atoms with Gasteiger partial charge in [0.2, 0.25) is 11.0 Å². The number of thiocarbonyl (C=S) groups is 1. The highest BCUT2D eigenvalue weighted by Crippen LogP contribution is 2.27. The van der Waals surface area contributed by atoms with Crippen molar-refractivity contribution in [3.8, 4) is 5.75 Å². The molecule has 3 rings (SSSR count). The van der Waals surface area contributed by atoms with Crippen LogP contribution in [0, 0.1) is 0 Å². The van der Waals surface area contributed by atoms with Crippen molar-refractivity contribution in [2.24, 2.45) is 5.73 Å². The first-order valence-corrected chi connectivity index (χ1v) is 8.78. The van der Waals surface area contributed by atoms with Gasteiger partial charge in [0.15, 0.2) is 0 Å². The molecule has 0 aromatic heterocycles. The molecule has 3 N–H and O–H groups in total. The molecule has 1 fully saturated rings. The van der Waals surface area contributed by atoms with Gasteiger partial charge in [-0.1, -0.05) is 18.2 Å². The molecule has 144 valence electrons. The van der Waals surface area contributed by atoms with Crippen LogP contribution in [0.15, 0.2) is 54.6 Å². The Hall–Kier alpha value is -3.46. The third-order valence-electron chi connectivity index (χ3n) is 4.20. The first-order valence-electron chi connectivity index (χ1n) is 8.38. The summed E-state index contributed by atoms with van der Waals surface area (Å²) in [5.74, 6) is -0.981. The van der Waals surface area contributed by atoms with Gasteiger partial charge in [-0.15, -0.1) is 0 Å². The molecule has 0 aliphatic carbocycles. The fraction of sp³-hybridized carbons (Fsp3) is 0.158. The van der Waals surface area contributed by atoms with Gasteiger partial charge in [-0.25, -0.2) is 5.01 Å². The van der Waals surface area contributed by atoms with E-state index < -0.39 is 23.8 Å². The Balaban J connectivity index is 1.90. The molecule has 0 unspecified atom stereocenters. The number of benzene rings is 2. The molecule has 3 amide bonds. The van der Waals surface area contributed by atoms with Gasteiger partial charge in [-0.05, 0) is 48.6 Å². The highest BCUT2D eigenvalue weighted by Gasteiger charge is 2.45. The number of carbonyl (C=O) groups is 3. The second-order valence-electron chi connectivity index (χ2n) is 6.02. The molecule has 2 aromatic carbocycles. The van der Waals surface area contributed by atoms with Crippen LogP contribution >= 0.6 is 12.2 Å². The number of ether oxygens (including phenoxy) is 1. The molecular formula is C19H18N4O4S. The molecule has 1 saturated heterocycles. The van der Waals surface area contributed by atoms with Crippen molar-refractivity contribution in [2.45, 2.75) is 12.5 Å². The summed E-state index contributed by atoms with van der Waals surface area (Å²) in [5.41, 5.74) is 8.78. The predicted molar refractivity (Wildman–Crippen MR) is 106 cm³/mol. The lowest BCUT2D eigenvalue weighted by Crippen LogP contribution is -2.49. The second-order valence-corrected chi connectivity index (χ2v) is 6.38. The Bertz CT molecular complexity index is 917. The minimum absolute atomic E-state index is 0.0469. The molecule has 1 aliphatic heterocycles. The number of carbonyl (C=O) groups excluding carboxylic acids is 3. The molecular weight excluding hydrogens is 380 g/mol. The van der Waals surface area contributed by atoms with Gasteiger partial charge in [-0.3, -0.25) is 24.7 Å². The molecule has 2 aromatic rings. The summed E-state index contributed by atoms with van der Waals surface area (Å²) in [6.45, 7) is 0. The smallest absolute Gasteiger partial charge is 0.269 e. The fourth-order valence-corrected chi connectivity index (χ4v) is 3.19. The van der Waals surface area contributed by atoms with Crippen molar-refractivity contribution in [1.29, 1.82) is 0 Å². The molecule has 0 saturated carbocycles. The van der Waals surface area contributed by atoms with Crippen LogP contribution in [-0.4, -0.2) is 41.0 Å². The van der Waals surface area contributed by atoms with Crippen molar-refractivity contribution >= 4 is 40.7 Å². The zero-order chi connectivity index (χ0) is 20.3. The monoisotopic (exact) mass is 398 g/mol. The molecule has 28 heavy (non-hydrogen) atoms. The Labute approximate surface area is 166 Å². The standard InChI is InChI=1S/C19H18N4O4S/c1-27-14-9-7-13(8-10-14)22-18(26)15(11-16(20)24)23(19(22)28)21-17(25)12-5-3-2-4-6-12/h2-10,15H,11H2,1H3,(H2,20,24)(H,21,25)/t15-/m1/s1. The van der Waals surface area contributed by atoms with E-state index in [2.05, 4.69) is 5.43 Å². The van der Waals surface area contributed by atoms with Gasteiger partial charge in [0.05, 0.1) is 19.2 Å². The lowest BCUT2D eigenvalue weighted by atomic mass is 10.2. The first-order chi connectivity index (χ1) is 13.4. The van der Waals surface area contributed by atoms with Crippen LogP contribution in [0.2, 0.25) is 0 Å². The number of primary amides is 1. The van der Waals surface area contributed by atoms with Gasteiger partial charge in [-0.2, -0.15) is 0 Å².